The van der Waals surface area contributed by atoms with Crippen LogP contribution in [-0.2, 0) is 16.0 Å². The van der Waals surface area contributed by atoms with E-state index in [4.69, 9.17) is 0 Å². The SMILES string of the molecule is CCCCNC(=O)CN1c2ccccc2CC1C(=O)O. The van der Waals surface area contributed by atoms with E-state index in [0.29, 0.717) is 13.0 Å². The van der Waals surface area contributed by atoms with Crippen LogP contribution < -0.4 is 10.2 Å². The maximum absolute atomic E-state index is 11.9. The monoisotopic (exact) mass is 276 g/mol. The molecule has 2 rings (SSSR count). The van der Waals surface area contributed by atoms with Gasteiger partial charge in [-0.1, -0.05) is 31.5 Å². The average molecular weight is 276 g/mol. The highest BCUT2D eigenvalue weighted by Gasteiger charge is 2.34. The summed E-state index contributed by atoms with van der Waals surface area (Å²) in [5.74, 6) is -1.01. The van der Waals surface area contributed by atoms with Crippen LogP contribution in [0.25, 0.3) is 0 Å². The summed E-state index contributed by atoms with van der Waals surface area (Å²) in [5, 5.41) is 12.1. The van der Waals surface area contributed by atoms with Gasteiger partial charge in [0.05, 0.1) is 6.54 Å². The molecule has 1 amide bonds. The molecule has 20 heavy (non-hydrogen) atoms. The number of hydrogen-bond acceptors (Lipinski definition) is 3. The van der Waals surface area contributed by atoms with Crippen LogP contribution in [-0.4, -0.2) is 36.1 Å². The molecule has 1 atom stereocenters. The Bertz CT molecular complexity index is 502. The van der Waals surface area contributed by atoms with Crippen LogP contribution in [0.2, 0.25) is 0 Å². The summed E-state index contributed by atoms with van der Waals surface area (Å²) in [7, 11) is 0. The zero-order valence-corrected chi connectivity index (χ0v) is 11.6. The van der Waals surface area contributed by atoms with Crippen molar-refractivity contribution in [2.45, 2.75) is 32.2 Å². The van der Waals surface area contributed by atoms with Crippen molar-refractivity contribution in [3.63, 3.8) is 0 Å². The number of carboxylic acid groups (broad SMARTS) is 1. The molecule has 0 fully saturated rings. The van der Waals surface area contributed by atoms with Crippen molar-refractivity contribution in [2.75, 3.05) is 18.0 Å². The number of anilines is 1. The Morgan fingerprint density at radius 2 is 2.15 bits per heavy atom. The van der Waals surface area contributed by atoms with Crippen LogP contribution in [0.4, 0.5) is 5.69 Å². The average Bonchev–Trinajstić information content (AvgIpc) is 2.78. The molecule has 0 saturated carbocycles. The third-order valence-electron chi connectivity index (χ3n) is 3.54. The second-order valence-corrected chi connectivity index (χ2v) is 5.02. The van der Waals surface area contributed by atoms with Gasteiger partial charge in [-0.15, -0.1) is 0 Å². The lowest BCUT2D eigenvalue weighted by Gasteiger charge is -2.24. The lowest BCUT2D eigenvalue weighted by atomic mass is 10.1. The van der Waals surface area contributed by atoms with Crippen molar-refractivity contribution < 1.29 is 14.7 Å². The number of aliphatic carboxylic acids is 1. The first kappa shape index (κ1) is 14.4. The lowest BCUT2D eigenvalue weighted by molar-refractivity contribution is -0.138. The van der Waals surface area contributed by atoms with Gasteiger partial charge in [0, 0.05) is 18.7 Å². The molecule has 0 aromatic heterocycles. The van der Waals surface area contributed by atoms with E-state index in [1.165, 1.54) is 0 Å². The van der Waals surface area contributed by atoms with Gasteiger partial charge < -0.3 is 15.3 Å². The van der Waals surface area contributed by atoms with E-state index in [-0.39, 0.29) is 12.5 Å². The minimum absolute atomic E-state index is 0.0949. The van der Waals surface area contributed by atoms with E-state index in [9.17, 15) is 14.7 Å². The molecule has 0 radical (unpaired) electrons. The summed E-state index contributed by atoms with van der Waals surface area (Å²) in [6, 6.07) is 6.90. The molecular formula is C15H20N2O3. The second kappa shape index (κ2) is 6.41. The highest BCUT2D eigenvalue weighted by atomic mass is 16.4. The van der Waals surface area contributed by atoms with Crippen molar-refractivity contribution in [1.82, 2.24) is 5.32 Å². The van der Waals surface area contributed by atoms with Crippen LogP contribution in [0.1, 0.15) is 25.3 Å². The van der Waals surface area contributed by atoms with Gasteiger partial charge in [-0.2, -0.15) is 0 Å². The standard InChI is InChI=1S/C15H20N2O3/c1-2-3-8-16-14(18)10-17-12-7-5-4-6-11(12)9-13(17)15(19)20/h4-7,13H,2-3,8-10H2,1H3,(H,16,18)(H,19,20). The fraction of sp³-hybridized carbons (Fsp3) is 0.467. The molecule has 1 heterocycles. The van der Waals surface area contributed by atoms with Gasteiger partial charge >= 0.3 is 5.97 Å². The maximum Gasteiger partial charge on any atom is 0.326 e. The van der Waals surface area contributed by atoms with Crippen LogP contribution in [0.5, 0.6) is 0 Å². The summed E-state index contributed by atoms with van der Waals surface area (Å²) in [6.07, 6.45) is 2.41. The van der Waals surface area contributed by atoms with Crippen LogP contribution in [0.15, 0.2) is 24.3 Å². The first-order valence-corrected chi connectivity index (χ1v) is 6.97. The Labute approximate surface area is 118 Å². The van der Waals surface area contributed by atoms with E-state index in [0.717, 1.165) is 24.1 Å². The Balaban J connectivity index is 2.07. The molecule has 1 aromatic rings. The molecule has 0 saturated heterocycles. The number of fused-ring (bicyclic) bond motifs is 1. The number of rotatable bonds is 6. The van der Waals surface area contributed by atoms with Crippen LogP contribution in [0.3, 0.4) is 0 Å². The molecule has 0 aliphatic carbocycles. The Hall–Kier alpha value is -2.04. The predicted octanol–water partition coefficient (Wildman–Crippen LogP) is 1.42. The number of carboxylic acids is 1. The Kier molecular flexibility index (Phi) is 4.61. The van der Waals surface area contributed by atoms with Gasteiger partial charge in [-0.05, 0) is 18.1 Å². The number of hydrogen-bond donors (Lipinski definition) is 2. The minimum atomic E-state index is -0.887. The molecule has 1 unspecified atom stereocenters. The summed E-state index contributed by atoms with van der Waals surface area (Å²) < 4.78 is 0. The van der Waals surface area contributed by atoms with Crippen molar-refractivity contribution in [3.05, 3.63) is 29.8 Å². The molecule has 2 N–H and O–H groups in total. The maximum atomic E-state index is 11.9. The molecule has 5 nitrogen and oxygen atoms in total. The number of carbonyl (C=O) groups is 2. The molecular weight excluding hydrogens is 256 g/mol. The van der Waals surface area contributed by atoms with Gasteiger partial charge in [-0.25, -0.2) is 4.79 Å². The number of amides is 1. The smallest absolute Gasteiger partial charge is 0.326 e. The predicted molar refractivity (Wildman–Crippen MR) is 76.8 cm³/mol. The largest absolute Gasteiger partial charge is 0.480 e. The number of para-hydroxylation sites is 1. The van der Waals surface area contributed by atoms with Gasteiger partial charge in [-0.3, -0.25) is 4.79 Å². The summed E-state index contributed by atoms with van der Waals surface area (Å²) in [4.78, 5) is 24.9. The molecule has 5 heteroatoms. The normalized spacial score (nSPS) is 16.9. The van der Waals surface area contributed by atoms with E-state index >= 15 is 0 Å². The number of nitrogens with one attached hydrogen (secondary N) is 1. The number of nitrogens with zero attached hydrogens (tertiary/aromatic N) is 1. The van der Waals surface area contributed by atoms with E-state index in [1.54, 1.807) is 4.90 Å². The molecule has 108 valence electrons. The molecule has 1 aliphatic rings. The minimum Gasteiger partial charge on any atom is -0.480 e. The molecule has 0 bridgehead atoms. The Morgan fingerprint density at radius 3 is 2.85 bits per heavy atom. The van der Waals surface area contributed by atoms with Gasteiger partial charge in [0.15, 0.2) is 0 Å². The second-order valence-electron chi connectivity index (χ2n) is 5.02. The number of benzene rings is 1. The zero-order valence-electron chi connectivity index (χ0n) is 11.6. The fourth-order valence-corrected chi connectivity index (χ4v) is 2.48. The van der Waals surface area contributed by atoms with Gasteiger partial charge in [0.1, 0.15) is 6.04 Å². The van der Waals surface area contributed by atoms with E-state index in [2.05, 4.69) is 12.2 Å². The van der Waals surface area contributed by atoms with Crippen molar-refractivity contribution >= 4 is 17.6 Å². The van der Waals surface area contributed by atoms with Gasteiger partial charge in [0.2, 0.25) is 5.91 Å². The van der Waals surface area contributed by atoms with Crippen molar-refractivity contribution in [3.8, 4) is 0 Å². The zero-order chi connectivity index (χ0) is 14.5. The third kappa shape index (κ3) is 3.10. The van der Waals surface area contributed by atoms with Crippen molar-refractivity contribution in [2.24, 2.45) is 0 Å². The van der Waals surface area contributed by atoms with Crippen molar-refractivity contribution in [1.29, 1.82) is 0 Å². The summed E-state index contributed by atoms with van der Waals surface area (Å²) in [6.45, 7) is 2.80. The first-order chi connectivity index (χ1) is 9.63. The number of unbranched alkanes of at least 4 members (excludes halogenated alkanes) is 1. The summed E-state index contributed by atoms with van der Waals surface area (Å²) >= 11 is 0. The molecule has 1 aromatic carbocycles. The quantitative estimate of drug-likeness (QED) is 0.771. The topological polar surface area (TPSA) is 69.6 Å². The Morgan fingerprint density at radius 1 is 1.40 bits per heavy atom. The fourth-order valence-electron chi connectivity index (χ4n) is 2.48. The molecule has 0 spiro atoms. The first-order valence-electron chi connectivity index (χ1n) is 6.97. The van der Waals surface area contributed by atoms with Crippen LogP contribution >= 0.6 is 0 Å². The number of carbonyl (C=O) groups excluding carboxylic acids is 1. The third-order valence-corrected chi connectivity index (χ3v) is 3.54. The highest BCUT2D eigenvalue weighted by Crippen LogP contribution is 2.31. The van der Waals surface area contributed by atoms with Crippen LogP contribution in [0, 0.1) is 0 Å². The van der Waals surface area contributed by atoms with E-state index in [1.807, 2.05) is 24.3 Å². The lowest BCUT2D eigenvalue weighted by Crippen LogP contribution is -2.45. The highest BCUT2D eigenvalue weighted by molar-refractivity contribution is 5.88. The summed E-state index contributed by atoms with van der Waals surface area (Å²) in [5.41, 5.74) is 1.84. The molecule has 1 aliphatic heterocycles. The van der Waals surface area contributed by atoms with E-state index < -0.39 is 12.0 Å². The van der Waals surface area contributed by atoms with Gasteiger partial charge in [0.25, 0.3) is 0 Å².